The van der Waals surface area contributed by atoms with E-state index in [1.54, 1.807) is 4.90 Å². The summed E-state index contributed by atoms with van der Waals surface area (Å²) in [5.41, 5.74) is 1.31. The molecule has 4 heteroatoms. The quantitative estimate of drug-likeness (QED) is 0.771. The number of benzene rings is 1. The Morgan fingerprint density at radius 1 is 1.29 bits per heavy atom. The zero-order valence-electron chi connectivity index (χ0n) is 9.87. The van der Waals surface area contributed by atoms with E-state index in [-0.39, 0.29) is 18.2 Å². The van der Waals surface area contributed by atoms with Gasteiger partial charge >= 0.3 is 6.09 Å². The Kier molecular flexibility index (Phi) is 2.52. The molecule has 2 fully saturated rings. The van der Waals surface area contributed by atoms with Crippen LogP contribution in [0.3, 0.4) is 0 Å². The molecule has 17 heavy (non-hydrogen) atoms. The summed E-state index contributed by atoms with van der Waals surface area (Å²) < 4.78 is 5.31. The number of hydrogen-bond donors (Lipinski definition) is 0. The van der Waals surface area contributed by atoms with Gasteiger partial charge in [-0.1, -0.05) is 30.3 Å². The van der Waals surface area contributed by atoms with Gasteiger partial charge in [-0.3, -0.25) is 4.90 Å². The Morgan fingerprint density at radius 2 is 2.06 bits per heavy atom. The van der Waals surface area contributed by atoms with Crippen LogP contribution in [0.4, 0.5) is 4.79 Å². The van der Waals surface area contributed by atoms with Crippen molar-refractivity contribution in [1.29, 1.82) is 0 Å². The van der Waals surface area contributed by atoms with Gasteiger partial charge in [0.2, 0.25) is 0 Å². The van der Waals surface area contributed by atoms with Crippen molar-refractivity contribution in [3.8, 4) is 0 Å². The summed E-state index contributed by atoms with van der Waals surface area (Å²) in [6.45, 7) is 2.68. The zero-order valence-corrected chi connectivity index (χ0v) is 9.87. The van der Waals surface area contributed by atoms with Gasteiger partial charge in [-0.05, 0) is 5.56 Å². The van der Waals surface area contributed by atoms with Crippen LogP contribution in [-0.4, -0.2) is 48.2 Å². The van der Waals surface area contributed by atoms with Crippen molar-refractivity contribution in [1.82, 2.24) is 9.80 Å². The van der Waals surface area contributed by atoms with E-state index in [4.69, 9.17) is 4.74 Å². The van der Waals surface area contributed by atoms with E-state index >= 15 is 0 Å². The maximum Gasteiger partial charge on any atom is 0.410 e. The van der Waals surface area contributed by atoms with E-state index in [1.807, 2.05) is 13.1 Å². The first-order chi connectivity index (χ1) is 8.24. The van der Waals surface area contributed by atoms with Crippen molar-refractivity contribution in [3.63, 3.8) is 0 Å². The first-order valence-electron chi connectivity index (χ1n) is 5.94. The van der Waals surface area contributed by atoms with Crippen LogP contribution in [0.1, 0.15) is 5.56 Å². The minimum atomic E-state index is -0.181. The topological polar surface area (TPSA) is 32.8 Å². The summed E-state index contributed by atoms with van der Waals surface area (Å²) in [6, 6.07) is 10.6. The summed E-state index contributed by atoms with van der Waals surface area (Å²) >= 11 is 0. The van der Waals surface area contributed by atoms with Gasteiger partial charge in [0, 0.05) is 26.7 Å². The molecule has 1 aromatic rings. The third kappa shape index (κ3) is 1.89. The molecule has 0 aliphatic carbocycles. The van der Waals surface area contributed by atoms with E-state index in [0.29, 0.717) is 0 Å². The Labute approximate surface area is 101 Å². The molecule has 1 amide bonds. The van der Waals surface area contributed by atoms with Crippen molar-refractivity contribution in [2.45, 2.75) is 18.7 Å². The van der Waals surface area contributed by atoms with E-state index in [2.05, 4.69) is 29.2 Å². The molecule has 0 aromatic heterocycles. The SMILES string of the molecule is CN1C(=O)O[C@@H]2CN(Cc3ccccc3)C[C@@H]21. The molecule has 2 heterocycles. The summed E-state index contributed by atoms with van der Waals surface area (Å²) in [7, 11) is 1.82. The molecule has 2 aliphatic rings. The highest BCUT2D eigenvalue weighted by molar-refractivity contribution is 5.70. The van der Waals surface area contributed by atoms with E-state index < -0.39 is 0 Å². The number of rotatable bonds is 2. The van der Waals surface area contributed by atoms with Crippen LogP contribution >= 0.6 is 0 Å². The number of nitrogens with zero attached hydrogens (tertiary/aromatic N) is 2. The summed E-state index contributed by atoms with van der Waals surface area (Å²) in [4.78, 5) is 15.4. The molecular weight excluding hydrogens is 216 g/mol. The number of fused-ring (bicyclic) bond motifs is 1. The molecule has 0 saturated carbocycles. The maximum absolute atomic E-state index is 11.3. The zero-order chi connectivity index (χ0) is 11.8. The number of carbonyl (C=O) groups excluding carboxylic acids is 1. The molecule has 3 rings (SSSR count). The van der Waals surface area contributed by atoms with Gasteiger partial charge in [-0.15, -0.1) is 0 Å². The van der Waals surface area contributed by atoms with Crippen molar-refractivity contribution in [2.24, 2.45) is 0 Å². The first-order valence-corrected chi connectivity index (χ1v) is 5.94. The smallest absolute Gasteiger partial charge is 0.410 e. The van der Waals surface area contributed by atoms with Crippen LogP contribution < -0.4 is 0 Å². The van der Waals surface area contributed by atoms with Gasteiger partial charge in [-0.25, -0.2) is 4.79 Å². The van der Waals surface area contributed by atoms with Gasteiger partial charge in [0.05, 0.1) is 6.04 Å². The van der Waals surface area contributed by atoms with Crippen LogP contribution in [0.5, 0.6) is 0 Å². The number of likely N-dealkylation sites (N-methyl/N-ethyl adjacent to an activating group) is 1. The summed E-state index contributed by atoms with van der Waals surface area (Å²) in [5.74, 6) is 0. The van der Waals surface area contributed by atoms with Crippen molar-refractivity contribution in [2.75, 3.05) is 20.1 Å². The monoisotopic (exact) mass is 232 g/mol. The lowest BCUT2D eigenvalue weighted by Gasteiger charge is -2.18. The number of hydrogen-bond acceptors (Lipinski definition) is 3. The second kappa shape index (κ2) is 4.04. The van der Waals surface area contributed by atoms with Gasteiger partial charge in [-0.2, -0.15) is 0 Å². The molecule has 4 nitrogen and oxygen atoms in total. The molecule has 90 valence electrons. The highest BCUT2D eigenvalue weighted by Gasteiger charge is 2.45. The number of likely N-dealkylation sites (tertiary alicyclic amines) is 1. The second-order valence-corrected chi connectivity index (χ2v) is 4.78. The van der Waals surface area contributed by atoms with Gasteiger partial charge in [0.25, 0.3) is 0 Å². The fraction of sp³-hybridized carbons (Fsp3) is 0.462. The average molecular weight is 232 g/mol. The summed E-state index contributed by atoms with van der Waals surface area (Å²) in [6.07, 6.45) is -0.129. The Bertz CT molecular complexity index is 421. The molecule has 0 N–H and O–H groups in total. The third-order valence-electron chi connectivity index (χ3n) is 3.60. The highest BCUT2D eigenvalue weighted by atomic mass is 16.6. The normalized spacial score (nSPS) is 28.3. The predicted octanol–water partition coefficient (Wildman–Crippen LogP) is 1.32. The second-order valence-electron chi connectivity index (χ2n) is 4.78. The van der Waals surface area contributed by atoms with Crippen molar-refractivity contribution >= 4 is 6.09 Å². The Morgan fingerprint density at radius 3 is 2.76 bits per heavy atom. The lowest BCUT2D eigenvalue weighted by Crippen LogP contribution is -2.34. The molecule has 0 unspecified atom stereocenters. The first kappa shape index (κ1) is 10.6. The minimum Gasteiger partial charge on any atom is -0.442 e. The number of amides is 1. The molecule has 1 aromatic carbocycles. The van der Waals surface area contributed by atoms with E-state index in [0.717, 1.165) is 19.6 Å². The average Bonchev–Trinajstić information content (AvgIpc) is 2.82. The molecular formula is C13H16N2O2. The van der Waals surface area contributed by atoms with Gasteiger partial charge in [0.15, 0.2) is 0 Å². The molecule has 0 radical (unpaired) electrons. The van der Waals surface area contributed by atoms with E-state index in [9.17, 15) is 4.79 Å². The van der Waals surface area contributed by atoms with Crippen LogP contribution in [0.15, 0.2) is 30.3 Å². The lowest BCUT2D eigenvalue weighted by molar-refractivity contribution is 0.123. The Hall–Kier alpha value is -1.55. The fourth-order valence-corrected chi connectivity index (χ4v) is 2.64. The predicted molar refractivity (Wildman–Crippen MR) is 63.5 cm³/mol. The van der Waals surface area contributed by atoms with Gasteiger partial charge < -0.3 is 9.64 Å². The van der Waals surface area contributed by atoms with Crippen molar-refractivity contribution < 1.29 is 9.53 Å². The number of carbonyl (C=O) groups is 1. The summed E-state index contributed by atoms with van der Waals surface area (Å²) in [5, 5.41) is 0. The highest BCUT2D eigenvalue weighted by Crippen LogP contribution is 2.26. The third-order valence-corrected chi connectivity index (χ3v) is 3.60. The van der Waals surface area contributed by atoms with Crippen LogP contribution in [0, 0.1) is 0 Å². The van der Waals surface area contributed by atoms with Gasteiger partial charge in [0.1, 0.15) is 6.10 Å². The lowest BCUT2D eigenvalue weighted by atomic mass is 10.2. The molecule has 0 bridgehead atoms. The standard InChI is InChI=1S/C13H16N2O2/c1-14-11-8-15(9-12(11)17-13(14)16)7-10-5-3-2-4-6-10/h2-6,11-12H,7-9H2,1H3/t11-,12+/m0/s1. The van der Waals surface area contributed by atoms with Crippen LogP contribution in [-0.2, 0) is 11.3 Å². The van der Waals surface area contributed by atoms with Crippen molar-refractivity contribution in [3.05, 3.63) is 35.9 Å². The Balaban J connectivity index is 1.65. The molecule has 2 atom stereocenters. The molecule has 2 saturated heterocycles. The minimum absolute atomic E-state index is 0.0520. The van der Waals surface area contributed by atoms with E-state index in [1.165, 1.54) is 5.56 Å². The largest absolute Gasteiger partial charge is 0.442 e. The molecule has 0 spiro atoms. The molecule has 2 aliphatic heterocycles. The maximum atomic E-state index is 11.3. The van der Waals surface area contributed by atoms with Crippen LogP contribution in [0.25, 0.3) is 0 Å². The fourth-order valence-electron chi connectivity index (χ4n) is 2.64. The number of ether oxygens (including phenoxy) is 1. The van der Waals surface area contributed by atoms with Crippen LogP contribution in [0.2, 0.25) is 0 Å².